The molecule has 0 bridgehead atoms. The summed E-state index contributed by atoms with van der Waals surface area (Å²) in [4.78, 5) is 30.4. The average Bonchev–Trinajstić information content (AvgIpc) is 1.59. The number of aromatic nitrogens is 8. The van der Waals surface area contributed by atoms with Gasteiger partial charge in [-0.1, -0.05) is 309 Å². The number of para-hydroxylation sites is 6. The van der Waals surface area contributed by atoms with Gasteiger partial charge in [-0.05, 0) is 112 Å². The summed E-state index contributed by atoms with van der Waals surface area (Å²) in [5, 5.41) is 9.20. The Bertz CT molecular complexity index is 7370. The van der Waals surface area contributed by atoms with Gasteiger partial charge in [0.2, 0.25) is 0 Å². The van der Waals surface area contributed by atoms with Crippen LogP contribution in [0.3, 0.4) is 0 Å². The van der Waals surface area contributed by atoms with Crippen molar-refractivity contribution < 1.29 is 8.83 Å². The number of furan rings is 2. The van der Waals surface area contributed by atoms with E-state index in [1.807, 2.05) is 97.1 Å². The molecule has 10 nitrogen and oxygen atoms in total. The minimum absolute atomic E-state index is 0.614. The van der Waals surface area contributed by atoms with Crippen LogP contribution in [-0.4, -0.2) is 39.0 Å². The summed E-state index contributed by atoms with van der Waals surface area (Å²) in [5.41, 5.74) is 24.6. The maximum absolute atomic E-state index is 6.44. The van der Waals surface area contributed by atoms with Gasteiger partial charge < -0.3 is 18.0 Å². The number of nitrogens with zero attached hydrogens (tertiary/aromatic N) is 8. The van der Waals surface area contributed by atoms with E-state index in [-0.39, 0.29) is 0 Å². The standard InChI is InChI=1S/2C51H32N4O/c1-3-14-33(15-4-1)35-18-11-19-37(30-35)50-52-49(34-16-5-2-6-17-34)53-51(54-50)38-20-12-21-39(31-38)55-45-26-9-7-22-41(45)44-32-36(28-29-46(44)55)40-24-13-25-43-42-23-8-10-27-47(42)56-48(40)43;1-3-13-33(14-4-1)34-25-27-36(28-26-34)50-52-49(35-15-5-2-6-16-35)53-51(54-50)38-17-11-18-39(31-38)55-45-23-9-7-19-41(45)44-32-37(29-30-46(44)55)40-21-12-22-43-42-20-8-10-24-47(42)56-48(40)43/h2*1-32H. The second-order valence-electron chi connectivity index (χ2n) is 28.1. The molecule has 16 aromatic carbocycles. The van der Waals surface area contributed by atoms with Gasteiger partial charge in [-0.3, -0.25) is 0 Å². The summed E-state index contributed by atoms with van der Waals surface area (Å²) in [7, 11) is 0. The van der Waals surface area contributed by atoms with E-state index in [4.69, 9.17) is 38.7 Å². The average molecular weight is 1430 g/mol. The quantitative estimate of drug-likeness (QED) is 0.119. The third-order valence-corrected chi connectivity index (χ3v) is 21.3. The lowest BCUT2D eigenvalue weighted by Gasteiger charge is -2.12. The maximum atomic E-state index is 6.44. The lowest BCUT2D eigenvalue weighted by atomic mass is 10.0. The Morgan fingerprint density at radius 2 is 0.455 bits per heavy atom. The van der Waals surface area contributed by atoms with Crippen LogP contribution >= 0.6 is 0 Å². The lowest BCUT2D eigenvalue weighted by Crippen LogP contribution is -2.01. The molecule has 6 heterocycles. The molecule has 112 heavy (non-hydrogen) atoms. The molecule has 22 rings (SSSR count). The molecule has 0 aliphatic carbocycles. The van der Waals surface area contributed by atoms with Gasteiger partial charge in [-0.2, -0.15) is 0 Å². The van der Waals surface area contributed by atoms with E-state index >= 15 is 0 Å². The Morgan fingerprint density at radius 3 is 0.902 bits per heavy atom. The van der Waals surface area contributed by atoms with Gasteiger partial charge in [0.25, 0.3) is 0 Å². The highest BCUT2D eigenvalue weighted by molar-refractivity contribution is 6.15. The van der Waals surface area contributed by atoms with Crippen molar-refractivity contribution in [2.24, 2.45) is 0 Å². The fraction of sp³-hybridized carbons (Fsp3) is 0. The first-order valence-electron chi connectivity index (χ1n) is 37.5. The molecule has 0 radical (unpaired) electrons. The Kier molecular flexibility index (Phi) is 16.0. The molecule has 22 aromatic rings. The molecule has 0 saturated heterocycles. The van der Waals surface area contributed by atoms with Crippen molar-refractivity contribution in [1.82, 2.24) is 39.0 Å². The monoisotopic (exact) mass is 1430 g/mol. The second-order valence-corrected chi connectivity index (χ2v) is 28.1. The van der Waals surface area contributed by atoms with E-state index in [0.29, 0.717) is 34.9 Å². The maximum Gasteiger partial charge on any atom is 0.164 e. The zero-order valence-corrected chi connectivity index (χ0v) is 60.3. The molecule has 0 unspecified atom stereocenters. The Balaban J connectivity index is 0.000000141. The molecule has 10 heteroatoms. The molecule has 0 N–H and O–H groups in total. The molecule has 0 fully saturated rings. The largest absolute Gasteiger partial charge is 0.455 e. The molecular formula is C102H64N8O2. The van der Waals surface area contributed by atoms with Gasteiger partial charge in [0.15, 0.2) is 34.9 Å². The predicted molar refractivity (Wildman–Crippen MR) is 457 cm³/mol. The zero-order valence-electron chi connectivity index (χ0n) is 60.3. The summed E-state index contributed by atoms with van der Waals surface area (Å²) in [6.07, 6.45) is 0. The first-order valence-corrected chi connectivity index (χ1v) is 37.5. The molecule has 0 aliphatic heterocycles. The van der Waals surface area contributed by atoms with Crippen molar-refractivity contribution in [2.45, 2.75) is 0 Å². The van der Waals surface area contributed by atoms with Crippen LogP contribution < -0.4 is 0 Å². The van der Waals surface area contributed by atoms with Gasteiger partial charge in [0.05, 0.1) is 22.1 Å². The van der Waals surface area contributed by atoms with E-state index in [9.17, 15) is 0 Å². The van der Waals surface area contributed by atoms with Crippen LogP contribution in [0.1, 0.15) is 0 Å². The molecule has 0 spiro atoms. The molecule has 6 aromatic heterocycles. The van der Waals surface area contributed by atoms with E-state index < -0.39 is 0 Å². The molecule has 0 amide bonds. The SMILES string of the molecule is c1ccc(-c2ccc(-c3nc(-c4ccccc4)nc(-c4cccc(-n5c6ccccc6c6cc(-c7cccc8c7oc7ccccc78)ccc65)c4)n3)cc2)cc1.c1ccc(-c2cccc(-c3nc(-c4ccccc4)nc(-c4cccc(-n5c6ccccc6c6cc(-c7cccc8c7oc7ccccc78)ccc65)c4)n3)c2)cc1. The van der Waals surface area contributed by atoms with Crippen molar-refractivity contribution in [2.75, 3.05) is 0 Å². The van der Waals surface area contributed by atoms with Gasteiger partial charge in [0, 0.05) is 99.0 Å². The topological polar surface area (TPSA) is 113 Å². The van der Waals surface area contributed by atoms with E-state index in [2.05, 4.69) is 300 Å². The minimum atomic E-state index is 0.614. The summed E-state index contributed by atoms with van der Waals surface area (Å²) >= 11 is 0. The van der Waals surface area contributed by atoms with Gasteiger partial charge in [-0.15, -0.1) is 0 Å². The first kappa shape index (κ1) is 65.1. The van der Waals surface area contributed by atoms with Crippen LogP contribution in [0.4, 0.5) is 0 Å². The summed E-state index contributed by atoms with van der Waals surface area (Å²) in [6.45, 7) is 0. The van der Waals surface area contributed by atoms with Crippen LogP contribution in [-0.2, 0) is 0 Å². The third kappa shape index (κ3) is 11.7. The number of hydrogen-bond donors (Lipinski definition) is 0. The number of fused-ring (bicyclic) bond motifs is 12. The highest BCUT2D eigenvalue weighted by Crippen LogP contribution is 2.43. The predicted octanol–water partition coefficient (Wildman–Crippen LogP) is 26.4. The van der Waals surface area contributed by atoms with Gasteiger partial charge >= 0.3 is 0 Å². The summed E-state index contributed by atoms with van der Waals surface area (Å²) < 4.78 is 17.6. The molecule has 524 valence electrons. The van der Waals surface area contributed by atoms with Crippen molar-refractivity contribution in [3.63, 3.8) is 0 Å². The third-order valence-electron chi connectivity index (χ3n) is 21.3. The number of benzene rings is 16. The van der Waals surface area contributed by atoms with Crippen LogP contribution in [0.15, 0.2) is 397 Å². The first-order chi connectivity index (χ1) is 55.5. The normalized spacial score (nSPS) is 11.6. The Hall–Kier alpha value is -15.3. The van der Waals surface area contributed by atoms with E-state index in [1.54, 1.807) is 0 Å². The molecule has 0 saturated carbocycles. The van der Waals surface area contributed by atoms with Crippen LogP contribution in [0.5, 0.6) is 0 Å². The zero-order chi connectivity index (χ0) is 74.0. The summed E-state index contributed by atoms with van der Waals surface area (Å²) in [5.74, 6) is 3.74. The van der Waals surface area contributed by atoms with Crippen molar-refractivity contribution in [3.8, 4) is 124 Å². The number of hydrogen-bond acceptors (Lipinski definition) is 8. The van der Waals surface area contributed by atoms with Crippen LogP contribution in [0.2, 0.25) is 0 Å². The van der Waals surface area contributed by atoms with Gasteiger partial charge in [0.1, 0.15) is 22.3 Å². The molecule has 0 aliphatic rings. The highest BCUT2D eigenvalue weighted by atomic mass is 16.3. The minimum Gasteiger partial charge on any atom is -0.455 e. The Morgan fingerprint density at radius 1 is 0.170 bits per heavy atom. The smallest absolute Gasteiger partial charge is 0.164 e. The Labute approximate surface area is 643 Å². The fourth-order valence-electron chi connectivity index (χ4n) is 16.0. The fourth-order valence-corrected chi connectivity index (χ4v) is 16.0. The van der Waals surface area contributed by atoms with Crippen molar-refractivity contribution in [3.05, 3.63) is 388 Å². The van der Waals surface area contributed by atoms with E-state index in [0.717, 1.165) is 150 Å². The molecular weight excluding hydrogens is 1370 g/mol. The number of rotatable bonds is 12. The van der Waals surface area contributed by atoms with Crippen molar-refractivity contribution in [1.29, 1.82) is 0 Å². The van der Waals surface area contributed by atoms with Crippen LogP contribution in [0, 0.1) is 0 Å². The highest BCUT2D eigenvalue weighted by Gasteiger charge is 2.22. The molecule has 0 atom stereocenters. The van der Waals surface area contributed by atoms with Gasteiger partial charge in [-0.25, -0.2) is 29.9 Å². The lowest BCUT2D eigenvalue weighted by molar-refractivity contribution is 0.669. The van der Waals surface area contributed by atoms with E-state index in [1.165, 1.54) is 27.1 Å². The summed E-state index contributed by atoms with van der Waals surface area (Å²) in [6, 6.07) is 135. The second kappa shape index (κ2) is 27.5. The van der Waals surface area contributed by atoms with Crippen molar-refractivity contribution >= 4 is 87.5 Å². The van der Waals surface area contributed by atoms with Crippen LogP contribution in [0.25, 0.3) is 212 Å².